The quantitative estimate of drug-likeness (QED) is 0.190. The molecule has 4 aromatic rings. The molecule has 0 aliphatic heterocycles. The van der Waals surface area contributed by atoms with E-state index in [1.165, 1.54) is 36.7 Å². The number of aromatic nitrogens is 3. The Morgan fingerprint density at radius 2 is 1.46 bits per heavy atom. The number of carbonyl (C=O) groups is 1. The van der Waals surface area contributed by atoms with Crippen molar-refractivity contribution in [3.8, 4) is 22.5 Å². The number of carboxylic acid groups (broad SMARTS) is 1. The smallest absolute Gasteiger partial charge is 0.416 e. The number of pyridine rings is 1. The molecule has 0 aliphatic rings. The van der Waals surface area contributed by atoms with Crippen LogP contribution in [0.5, 0.6) is 0 Å². The minimum absolute atomic E-state index is 0. The average Bonchev–Trinajstić information content (AvgIpc) is 2.84. The van der Waals surface area contributed by atoms with Crippen molar-refractivity contribution in [2.75, 3.05) is 0 Å². The van der Waals surface area contributed by atoms with Gasteiger partial charge in [-0.25, -0.2) is 9.78 Å². The SMILES string of the molecule is Cc1cnc(-c2[c-]cc(C(F)(F)F)cc2)c(-c2ccc(C(F)(F)F)cc2)n1.O=C(O)c1ccccn1.[Ir]. The van der Waals surface area contributed by atoms with Crippen LogP contribution in [0.4, 0.5) is 26.3 Å². The molecule has 2 aromatic heterocycles. The van der Waals surface area contributed by atoms with Gasteiger partial charge in [0.15, 0.2) is 0 Å². The second kappa shape index (κ2) is 12.1. The van der Waals surface area contributed by atoms with Crippen molar-refractivity contribution in [2.24, 2.45) is 0 Å². The molecule has 0 saturated carbocycles. The Labute approximate surface area is 220 Å². The monoisotopic (exact) mass is 697 g/mol. The van der Waals surface area contributed by atoms with Crippen LogP contribution in [-0.4, -0.2) is 26.0 Å². The number of alkyl halides is 6. The fourth-order valence-corrected chi connectivity index (χ4v) is 2.93. The number of halogens is 6. The van der Waals surface area contributed by atoms with Crippen LogP contribution in [-0.2, 0) is 32.5 Å². The van der Waals surface area contributed by atoms with Gasteiger partial charge in [0.05, 0.1) is 17.0 Å². The van der Waals surface area contributed by atoms with Gasteiger partial charge in [-0.2, -0.15) is 26.3 Å². The Kier molecular flexibility index (Phi) is 9.66. The molecule has 0 unspecified atom stereocenters. The minimum atomic E-state index is -4.50. The third-order valence-electron chi connectivity index (χ3n) is 4.66. The molecule has 2 heterocycles. The Morgan fingerprint density at radius 1 is 0.838 bits per heavy atom. The number of hydrogen-bond donors (Lipinski definition) is 1. The summed E-state index contributed by atoms with van der Waals surface area (Å²) in [4.78, 5) is 22.2. The Bertz CT molecular complexity index is 1330. The van der Waals surface area contributed by atoms with Crippen LogP contribution in [0.3, 0.4) is 0 Å². The maximum Gasteiger partial charge on any atom is 0.416 e. The zero-order valence-corrected chi connectivity index (χ0v) is 21.1. The van der Waals surface area contributed by atoms with E-state index in [1.54, 1.807) is 19.1 Å². The van der Waals surface area contributed by atoms with Gasteiger partial charge in [0.1, 0.15) is 5.69 Å². The first-order chi connectivity index (χ1) is 16.9. The first-order valence-corrected chi connectivity index (χ1v) is 10.1. The van der Waals surface area contributed by atoms with Gasteiger partial charge in [0.25, 0.3) is 0 Å². The van der Waals surface area contributed by atoms with Crippen molar-refractivity contribution >= 4 is 5.97 Å². The van der Waals surface area contributed by atoms with E-state index in [1.807, 2.05) is 0 Å². The van der Waals surface area contributed by atoms with Crippen LogP contribution in [0.15, 0.2) is 73.1 Å². The number of aryl methyl sites for hydroxylation is 1. The fraction of sp³-hybridized carbons (Fsp3) is 0.120. The van der Waals surface area contributed by atoms with Gasteiger partial charge in [0.2, 0.25) is 0 Å². The van der Waals surface area contributed by atoms with Gasteiger partial charge >= 0.3 is 18.3 Å². The maximum atomic E-state index is 12.7. The number of carboxylic acids is 1. The molecule has 195 valence electrons. The Balaban J connectivity index is 0.000000408. The number of benzene rings is 2. The van der Waals surface area contributed by atoms with Crippen LogP contribution in [0.2, 0.25) is 0 Å². The van der Waals surface area contributed by atoms with Gasteiger partial charge < -0.3 is 10.1 Å². The van der Waals surface area contributed by atoms with Gasteiger partial charge in [-0.05, 0) is 42.3 Å². The molecule has 4 rings (SSSR count). The van der Waals surface area contributed by atoms with Crippen LogP contribution >= 0.6 is 0 Å². The van der Waals surface area contributed by atoms with Crippen molar-refractivity contribution in [3.63, 3.8) is 0 Å². The third-order valence-corrected chi connectivity index (χ3v) is 4.66. The molecule has 0 saturated heterocycles. The van der Waals surface area contributed by atoms with Crippen LogP contribution in [0.25, 0.3) is 22.5 Å². The topological polar surface area (TPSA) is 76.0 Å². The van der Waals surface area contributed by atoms with Crippen molar-refractivity contribution in [3.05, 3.63) is 102 Å². The molecule has 1 N–H and O–H groups in total. The second-order valence-corrected chi connectivity index (χ2v) is 7.29. The largest absolute Gasteiger partial charge is 0.477 e. The fourth-order valence-electron chi connectivity index (χ4n) is 2.93. The predicted molar refractivity (Wildman–Crippen MR) is 118 cm³/mol. The first kappa shape index (κ1) is 29.6. The van der Waals surface area contributed by atoms with E-state index in [0.29, 0.717) is 11.3 Å². The summed E-state index contributed by atoms with van der Waals surface area (Å²) < 4.78 is 76.4. The van der Waals surface area contributed by atoms with E-state index in [0.717, 1.165) is 24.3 Å². The van der Waals surface area contributed by atoms with Crippen LogP contribution < -0.4 is 0 Å². The van der Waals surface area contributed by atoms with E-state index in [4.69, 9.17) is 5.11 Å². The van der Waals surface area contributed by atoms with Gasteiger partial charge in [-0.1, -0.05) is 18.2 Å². The van der Waals surface area contributed by atoms with Crippen molar-refractivity contribution < 1.29 is 56.3 Å². The summed E-state index contributed by atoms with van der Waals surface area (Å²) >= 11 is 0. The standard InChI is InChI=1S/C19H11F6N2.C6H5NO2.Ir/c1-11-10-26-16(12-2-6-14(7-3-12)18(20,21)22)17(27-11)13-4-8-15(9-5-13)19(23,24)25;8-6(9)5-3-1-2-4-7-5;/h2,4-10H,1H3;1-4H,(H,8,9);/q-1;;. The molecule has 0 atom stereocenters. The normalized spacial score (nSPS) is 11.1. The first-order valence-electron chi connectivity index (χ1n) is 10.1. The summed E-state index contributed by atoms with van der Waals surface area (Å²) in [6, 6.07) is 14.5. The predicted octanol–water partition coefficient (Wildman–Crippen LogP) is 6.73. The summed E-state index contributed by atoms with van der Waals surface area (Å²) in [5, 5.41) is 8.32. The molecular formula is C25H16F6IrN3O2-. The van der Waals surface area contributed by atoms with Crippen LogP contribution in [0, 0.1) is 13.0 Å². The van der Waals surface area contributed by atoms with Crippen molar-refractivity contribution in [1.82, 2.24) is 15.0 Å². The van der Waals surface area contributed by atoms with E-state index in [9.17, 15) is 31.1 Å². The van der Waals surface area contributed by atoms with Crippen molar-refractivity contribution in [1.29, 1.82) is 0 Å². The molecular weight excluding hydrogens is 680 g/mol. The summed E-state index contributed by atoms with van der Waals surface area (Å²) in [7, 11) is 0. The summed E-state index contributed by atoms with van der Waals surface area (Å²) in [6.07, 6.45) is -6.09. The average molecular weight is 697 g/mol. The Hall–Kier alpha value is -3.63. The van der Waals surface area contributed by atoms with E-state index < -0.39 is 29.4 Å². The molecule has 0 aliphatic carbocycles. The van der Waals surface area contributed by atoms with E-state index in [-0.39, 0.29) is 42.8 Å². The molecule has 2 aromatic carbocycles. The van der Waals surface area contributed by atoms with Crippen molar-refractivity contribution in [2.45, 2.75) is 19.3 Å². The van der Waals surface area contributed by atoms with Gasteiger partial charge in [0, 0.05) is 38.2 Å². The molecule has 5 nitrogen and oxygen atoms in total. The molecule has 1 radical (unpaired) electrons. The molecule has 0 amide bonds. The molecule has 0 bridgehead atoms. The number of hydrogen-bond acceptors (Lipinski definition) is 4. The maximum absolute atomic E-state index is 12.7. The molecule has 0 spiro atoms. The molecule has 0 fully saturated rings. The summed E-state index contributed by atoms with van der Waals surface area (Å²) in [6.45, 7) is 1.65. The molecule has 12 heteroatoms. The zero-order chi connectivity index (χ0) is 26.5. The van der Waals surface area contributed by atoms with Crippen LogP contribution in [0.1, 0.15) is 27.3 Å². The van der Waals surface area contributed by atoms with Gasteiger partial charge in [-0.15, -0.1) is 29.8 Å². The second-order valence-electron chi connectivity index (χ2n) is 7.29. The number of rotatable bonds is 3. The summed E-state index contributed by atoms with van der Waals surface area (Å²) in [5.74, 6) is -0.990. The number of aromatic carboxylic acids is 1. The number of nitrogens with zero attached hydrogens (tertiary/aromatic N) is 3. The van der Waals surface area contributed by atoms with E-state index in [2.05, 4.69) is 21.0 Å². The van der Waals surface area contributed by atoms with E-state index >= 15 is 0 Å². The summed E-state index contributed by atoms with van der Waals surface area (Å²) in [5.41, 5.74) is 0.0386. The minimum Gasteiger partial charge on any atom is -0.477 e. The zero-order valence-electron chi connectivity index (χ0n) is 18.7. The van der Waals surface area contributed by atoms with Gasteiger partial charge in [-0.3, -0.25) is 4.98 Å². The Morgan fingerprint density at radius 3 is 1.92 bits per heavy atom. The third kappa shape index (κ3) is 7.93. The molecule has 37 heavy (non-hydrogen) atoms.